The Morgan fingerprint density at radius 2 is 2.04 bits per heavy atom. The van der Waals surface area contributed by atoms with Crippen molar-refractivity contribution in [3.8, 4) is 0 Å². The number of hydrogen-bond acceptors (Lipinski definition) is 4. The van der Waals surface area contributed by atoms with Gasteiger partial charge < -0.3 is 19.7 Å². The largest absolute Gasteiger partial charge is 0.479 e. The Balaban J connectivity index is 1.70. The number of aliphatic carboxylic acids is 1. The molecule has 2 N–H and O–H groups in total. The Hall–Kier alpha value is -2.67. The van der Waals surface area contributed by atoms with E-state index in [-0.39, 0.29) is 11.9 Å². The number of amides is 1. The number of aromatic nitrogens is 2. The third kappa shape index (κ3) is 3.80. The summed E-state index contributed by atoms with van der Waals surface area (Å²) >= 11 is 0. The number of carboxylic acids is 1. The Bertz CT molecular complexity index is 687. The molecule has 3 atom stereocenters. The van der Waals surface area contributed by atoms with Gasteiger partial charge in [0, 0.05) is 18.9 Å². The lowest BCUT2D eigenvalue weighted by Crippen LogP contribution is -2.39. The van der Waals surface area contributed by atoms with Crippen LogP contribution in [-0.4, -0.2) is 38.7 Å². The lowest BCUT2D eigenvalue weighted by atomic mass is 10.1. The van der Waals surface area contributed by atoms with Gasteiger partial charge in [-0.25, -0.2) is 9.78 Å². The highest BCUT2D eigenvalue weighted by Gasteiger charge is 2.35. The molecule has 1 aromatic carbocycles. The summed E-state index contributed by atoms with van der Waals surface area (Å²) in [7, 11) is 0. The second-order valence-corrected chi connectivity index (χ2v) is 5.76. The molecule has 0 saturated carbocycles. The minimum atomic E-state index is -1.02. The normalized spacial score (nSPS) is 21.3. The maximum atomic E-state index is 12.5. The van der Waals surface area contributed by atoms with E-state index in [2.05, 4.69) is 10.3 Å². The van der Waals surface area contributed by atoms with Crippen molar-refractivity contribution in [2.75, 3.05) is 0 Å². The minimum Gasteiger partial charge on any atom is -0.479 e. The van der Waals surface area contributed by atoms with Gasteiger partial charge in [0.25, 0.3) is 0 Å². The standard InChI is InChI=1S/C17H19N3O4/c21-16(14-6-7-15(24-14)17(22)23)19-13(10-20-9-8-18-11-20)12-4-2-1-3-5-12/h1-5,8-9,11,13-15H,6-7,10H2,(H,19,21)(H,22,23)/t13?,14-,15+/m1/s1. The van der Waals surface area contributed by atoms with Crippen molar-refractivity contribution in [1.29, 1.82) is 0 Å². The summed E-state index contributed by atoms with van der Waals surface area (Å²) in [6.07, 6.45) is 4.34. The summed E-state index contributed by atoms with van der Waals surface area (Å²) in [5, 5.41) is 11.9. The number of carbonyl (C=O) groups is 2. The summed E-state index contributed by atoms with van der Waals surface area (Å²) in [5.74, 6) is -1.31. The van der Waals surface area contributed by atoms with Crippen LogP contribution >= 0.6 is 0 Å². The van der Waals surface area contributed by atoms with E-state index in [0.717, 1.165) is 5.56 Å². The molecule has 24 heavy (non-hydrogen) atoms. The molecule has 1 aliphatic heterocycles. The number of imidazole rings is 1. The first-order chi connectivity index (χ1) is 11.6. The van der Waals surface area contributed by atoms with Gasteiger partial charge in [-0.1, -0.05) is 30.3 Å². The highest BCUT2D eigenvalue weighted by molar-refractivity contribution is 5.83. The number of rotatable bonds is 6. The molecular weight excluding hydrogens is 310 g/mol. The van der Waals surface area contributed by atoms with Gasteiger partial charge in [0.2, 0.25) is 5.91 Å². The van der Waals surface area contributed by atoms with Crippen molar-refractivity contribution in [3.63, 3.8) is 0 Å². The van der Waals surface area contributed by atoms with Crippen LogP contribution in [0.5, 0.6) is 0 Å². The molecule has 1 aliphatic rings. The molecule has 0 spiro atoms. The molecule has 0 bridgehead atoms. The summed E-state index contributed by atoms with van der Waals surface area (Å²) < 4.78 is 7.21. The van der Waals surface area contributed by atoms with Crippen molar-refractivity contribution in [3.05, 3.63) is 54.6 Å². The Morgan fingerprint density at radius 3 is 2.67 bits per heavy atom. The second kappa shape index (κ2) is 7.27. The maximum absolute atomic E-state index is 12.5. The molecule has 0 radical (unpaired) electrons. The van der Waals surface area contributed by atoms with E-state index < -0.39 is 18.2 Å². The maximum Gasteiger partial charge on any atom is 0.332 e. The number of benzene rings is 1. The molecule has 1 amide bonds. The third-order valence-electron chi connectivity index (χ3n) is 4.06. The average Bonchev–Trinajstić information content (AvgIpc) is 3.26. The van der Waals surface area contributed by atoms with Crippen LogP contribution < -0.4 is 5.32 Å². The summed E-state index contributed by atoms with van der Waals surface area (Å²) in [5.41, 5.74) is 0.965. The molecule has 0 aliphatic carbocycles. The molecule has 2 heterocycles. The zero-order valence-electron chi connectivity index (χ0n) is 13.0. The van der Waals surface area contributed by atoms with E-state index in [9.17, 15) is 9.59 Å². The van der Waals surface area contributed by atoms with Crippen LogP contribution in [0, 0.1) is 0 Å². The number of nitrogens with zero attached hydrogens (tertiary/aromatic N) is 2. The van der Waals surface area contributed by atoms with E-state index in [1.807, 2.05) is 41.1 Å². The molecule has 7 nitrogen and oxygen atoms in total. The molecule has 3 rings (SSSR count). The van der Waals surface area contributed by atoms with Crippen LogP contribution in [0.3, 0.4) is 0 Å². The summed E-state index contributed by atoms with van der Waals surface area (Å²) in [6.45, 7) is 0.533. The molecule has 126 valence electrons. The highest BCUT2D eigenvalue weighted by Crippen LogP contribution is 2.22. The fourth-order valence-electron chi connectivity index (χ4n) is 2.80. The van der Waals surface area contributed by atoms with Gasteiger partial charge in [-0.3, -0.25) is 4.79 Å². The molecule has 1 aromatic heterocycles. The lowest BCUT2D eigenvalue weighted by molar-refractivity contribution is -0.151. The summed E-state index contributed by atoms with van der Waals surface area (Å²) in [4.78, 5) is 27.4. The molecule has 1 saturated heterocycles. The Kier molecular flexibility index (Phi) is 4.90. The Labute approximate surface area is 139 Å². The lowest BCUT2D eigenvalue weighted by Gasteiger charge is -2.22. The fourth-order valence-corrected chi connectivity index (χ4v) is 2.80. The monoisotopic (exact) mass is 329 g/mol. The van der Waals surface area contributed by atoms with Crippen molar-refractivity contribution < 1.29 is 19.4 Å². The van der Waals surface area contributed by atoms with Crippen LogP contribution in [0.25, 0.3) is 0 Å². The van der Waals surface area contributed by atoms with Gasteiger partial charge in [0.1, 0.15) is 6.10 Å². The zero-order valence-corrected chi connectivity index (χ0v) is 13.0. The van der Waals surface area contributed by atoms with Crippen LogP contribution in [-0.2, 0) is 20.9 Å². The third-order valence-corrected chi connectivity index (χ3v) is 4.06. The van der Waals surface area contributed by atoms with Gasteiger partial charge in [-0.2, -0.15) is 0 Å². The van der Waals surface area contributed by atoms with Crippen molar-refractivity contribution in [1.82, 2.24) is 14.9 Å². The highest BCUT2D eigenvalue weighted by atomic mass is 16.5. The number of ether oxygens (including phenoxy) is 1. The van der Waals surface area contributed by atoms with Crippen LogP contribution in [0.2, 0.25) is 0 Å². The zero-order chi connectivity index (χ0) is 16.9. The average molecular weight is 329 g/mol. The number of carboxylic acid groups (broad SMARTS) is 1. The van der Waals surface area contributed by atoms with E-state index >= 15 is 0 Å². The first-order valence-electron chi connectivity index (χ1n) is 7.83. The predicted octanol–water partition coefficient (Wildman–Crippen LogP) is 1.37. The van der Waals surface area contributed by atoms with E-state index in [1.165, 1.54) is 0 Å². The van der Waals surface area contributed by atoms with Gasteiger partial charge in [-0.15, -0.1) is 0 Å². The fraction of sp³-hybridized carbons (Fsp3) is 0.353. The van der Waals surface area contributed by atoms with E-state index in [1.54, 1.807) is 12.5 Å². The first-order valence-corrected chi connectivity index (χ1v) is 7.83. The SMILES string of the molecule is O=C(O)[C@@H]1CC[C@H](C(=O)NC(Cn2ccnc2)c2ccccc2)O1. The van der Waals surface area contributed by atoms with E-state index in [0.29, 0.717) is 19.4 Å². The van der Waals surface area contributed by atoms with Crippen molar-refractivity contribution >= 4 is 11.9 Å². The van der Waals surface area contributed by atoms with Crippen LogP contribution in [0.1, 0.15) is 24.4 Å². The quantitative estimate of drug-likeness (QED) is 0.835. The topological polar surface area (TPSA) is 93.4 Å². The molecular formula is C17H19N3O4. The van der Waals surface area contributed by atoms with E-state index in [4.69, 9.17) is 9.84 Å². The number of hydrogen-bond donors (Lipinski definition) is 2. The van der Waals surface area contributed by atoms with Gasteiger partial charge >= 0.3 is 5.97 Å². The Morgan fingerprint density at radius 1 is 1.29 bits per heavy atom. The van der Waals surface area contributed by atoms with Gasteiger partial charge in [-0.05, 0) is 18.4 Å². The number of nitrogens with one attached hydrogen (secondary N) is 1. The predicted molar refractivity (Wildman–Crippen MR) is 85.1 cm³/mol. The van der Waals surface area contributed by atoms with Crippen LogP contribution in [0.15, 0.2) is 49.1 Å². The van der Waals surface area contributed by atoms with Gasteiger partial charge in [0.05, 0.1) is 12.4 Å². The van der Waals surface area contributed by atoms with Crippen molar-refractivity contribution in [2.45, 2.75) is 37.6 Å². The molecule has 1 unspecified atom stereocenters. The second-order valence-electron chi connectivity index (χ2n) is 5.76. The summed E-state index contributed by atoms with van der Waals surface area (Å²) in [6, 6.07) is 9.37. The first kappa shape index (κ1) is 16.2. The number of carbonyl (C=O) groups excluding carboxylic acids is 1. The van der Waals surface area contributed by atoms with Crippen LogP contribution in [0.4, 0.5) is 0 Å². The molecule has 2 aromatic rings. The molecule has 1 fully saturated rings. The van der Waals surface area contributed by atoms with Crippen molar-refractivity contribution in [2.24, 2.45) is 0 Å². The molecule has 7 heteroatoms. The van der Waals surface area contributed by atoms with Gasteiger partial charge in [0.15, 0.2) is 6.10 Å². The smallest absolute Gasteiger partial charge is 0.332 e. The minimum absolute atomic E-state index is 0.250.